The summed E-state index contributed by atoms with van der Waals surface area (Å²) in [5, 5.41) is 34.4. The number of nitro groups is 2. The number of para-hydroxylation sites is 3. The number of nitro benzene ring substituents is 2. The molecule has 8 heterocycles. The second-order valence-corrected chi connectivity index (χ2v) is 22.3. The van der Waals surface area contributed by atoms with E-state index in [2.05, 4.69) is 178 Å². The summed E-state index contributed by atoms with van der Waals surface area (Å²) in [4.78, 5) is 34.3. The van der Waals surface area contributed by atoms with Gasteiger partial charge in [0.05, 0.1) is 15.4 Å². The van der Waals surface area contributed by atoms with E-state index in [1.165, 1.54) is 117 Å². The minimum Gasteiger partial charge on any atom is -0.398 e. The minimum atomic E-state index is -0.365. The number of hydrogen-bond acceptors (Lipinski definition) is 10. The molecule has 0 fully saturated rings. The Morgan fingerprint density at radius 3 is 1.30 bits per heavy atom. The van der Waals surface area contributed by atoms with E-state index in [0.717, 1.165) is 65.0 Å². The third-order valence-electron chi connectivity index (χ3n) is 16.0. The average molecular weight is 1390 g/mol. The highest BCUT2D eigenvalue weighted by molar-refractivity contribution is 5.84. The number of nitrogens with two attached hydrogens (primary N) is 1. The zero-order chi connectivity index (χ0) is 76.7. The van der Waals surface area contributed by atoms with Crippen LogP contribution >= 0.6 is 0 Å². The number of H-pyrrole nitrogens is 3. The van der Waals surface area contributed by atoms with Crippen molar-refractivity contribution >= 4 is 78.2 Å². The first kappa shape index (κ1) is 90.0. The summed E-state index contributed by atoms with van der Waals surface area (Å²) < 4.78 is 0. The third-order valence-corrected chi connectivity index (χ3v) is 16.0. The quantitative estimate of drug-likeness (QED) is 0.0496. The highest BCUT2D eigenvalue weighted by atomic mass is 16.6. The van der Waals surface area contributed by atoms with Crippen LogP contribution in [0.4, 0.5) is 45.5 Å². The first-order valence-corrected chi connectivity index (χ1v) is 37.4. The van der Waals surface area contributed by atoms with Crippen molar-refractivity contribution in [3.05, 3.63) is 258 Å². The molecule has 15 heteroatoms. The number of benzene rings is 8. The largest absolute Gasteiger partial charge is 0.398 e. The number of aromatic nitrogens is 3. The summed E-state index contributed by atoms with van der Waals surface area (Å²) in [5.41, 5.74) is 28.8. The number of hydrogen-bond donors (Lipinski definition) is 7. The van der Waals surface area contributed by atoms with Crippen LogP contribution in [-0.2, 0) is 32.1 Å². The van der Waals surface area contributed by atoms with Crippen LogP contribution in [0.1, 0.15) is 166 Å². The summed E-state index contributed by atoms with van der Waals surface area (Å²) in [7, 11) is 4.30. The number of nitrogen functional groups attached to an aromatic ring is 1. The van der Waals surface area contributed by atoms with Crippen molar-refractivity contribution in [2.75, 3.05) is 78.3 Å². The Bertz CT molecular complexity index is 4020. The topological polar surface area (TPSA) is 202 Å². The summed E-state index contributed by atoms with van der Waals surface area (Å²) in [6.45, 7) is 47.3. The first-order valence-electron chi connectivity index (χ1n) is 37.4. The van der Waals surface area contributed by atoms with Gasteiger partial charge in [0, 0.05) is 139 Å². The predicted octanol–water partition coefficient (Wildman–Crippen LogP) is 24.0. The van der Waals surface area contributed by atoms with Gasteiger partial charge in [0.2, 0.25) is 0 Å². The Labute approximate surface area is 613 Å². The molecular formula is C87H127N11O4. The van der Waals surface area contributed by atoms with Gasteiger partial charge in [0.1, 0.15) is 0 Å². The van der Waals surface area contributed by atoms with Gasteiger partial charge in [-0.25, -0.2) is 0 Å². The van der Waals surface area contributed by atoms with Crippen LogP contribution in [-0.4, -0.2) is 71.6 Å². The number of anilines is 6. The van der Waals surface area contributed by atoms with Gasteiger partial charge in [-0.3, -0.25) is 20.2 Å². The molecule has 0 saturated carbocycles. The molecule has 16 rings (SSSR count). The van der Waals surface area contributed by atoms with Crippen molar-refractivity contribution < 1.29 is 9.85 Å². The van der Waals surface area contributed by atoms with Crippen molar-refractivity contribution in [1.29, 1.82) is 0 Å². The second-order valence-electron chi connectivity index (χ2n) is 22.3. The maximum absolute atomic E-state index is 10.6. The number of nitrogens with one attached hydrogen (secondary N) is 6. The molecule has 0 saturated heterocycles. The lowest BCUT2D eigenvalue weighted by molar-refractivity contribution is -0.385. The lowest BCUT2D eigenvalue weighted by atomic mass is 10.1. The molecule has 15 nitrogen and oxygen atoms in total. The van der Waals surface area contributed by atoms with Gasteiger partial charge in [-0.15, -0.1) is 0 Å². The number of aryl methyl sites for hydroxylation is 5. The van der Waals surface area contributed by atoms with Gasteiger partial charge in [-0.2, -0.15) is 0 Å². The van der Waals surface area contributed by atoms with Crippen LogP contribution in [0.5, 0.6) is 0 Å². The van der Waals surface area contributed by atoms with Crippen LogP contribution in [0.15, 0.2) is 182 Å². The molecule has 554 valence electrons. The fraction of sp³-hybridized carbons (Fsp3) is 0.379. The van der Waals surface area contributed by atoms with Gasteiger partial charge < -0.3 is 46.4 Å². The fourth-order valence-electron chi connectivity index (χ4n) is 11.2. The third kappa shape index (κ3) is 28.2. The monoisotopic (exact) mass is 1390 g/mol. The SMILES string of the molecule is CC.CC.CC.CC.CC.CC.CC.CC.CN1CCc2ccccc21.Cc1cc2c(cc1[N+](=O)[O-])NCC2.Cc1cc2cc[nH]c2cc1N.Cc1cc2cc[nH]c2cc1[N+](=O)[O-].Cc1ccc2c(c1)CCN2.Cc1ccc2c(c1)CCN2C.c1ccc2[nH]ccc2c1.c1ccc2c(c1)CCN2. The number of rotatable bonds is 2. The Morgan fingerprint density at radius 1 is 0.353 bits per heavy atom. The van der Waals surface area contributed by atoms with E-state index in [4.69, 9.17) is 5.73 Å². The molecule has 0 spiro atoms. The Balaban J connectivity index is 0.000000567. The van der Waals surface area contributed by atoms with Crippen LogP contribution in [0.25, 0.3) is 32.7 Å². The lowest BCUT2D eigenvalue weighted by Gasteiger charge is -2.11. The van der Waals surface area contributed by atoms with Crippen LogP contribution < -0.4 is 31.5 Å². The molecule has 5 aliphatic rings. The van der Waals surface area contributed by atoms with Gasteiger partial charge >= 0.3 is 0 Å². The molecule has 8 aromatic carbocycles. The molecule has 8 N–H and O–H groups in total. The zero-order valence-corrected chi connectivity index (χ0v) is 66.4. The second kappa shape index (κ2) is 51.2. The van der Waals surface area contributed by atoms with Crippen molar-refractivity contribution in [1.82, 2.24) is 15.0 Å². The van der Waals surface area contributed by atoms with Gasteiger partial charge in [-0.1, -0.05) is 201 Å². The summed E-state index contributed by atoms with van der Waals surface area (Å²) in [6, 6.07) is 55.5. The van der Waals surface area contributed by atoms with E-state index in [1.54, 1.807) is 32.2 Å². The first-order chi connectivity index (χ1) is 49.6. The van der Waals surface area contributed by atoms with Crippen molar-refractivity contribution in [2.24, 2.45) is 0 Å². The smallest absolute Gasteiger partial charge is 0.274 e. The normalized spacial score (nSPS) is 11.5. The van der Waals surface area contributed by atoms with Gasteiger partial charge in [-0.05, 0) is 184 Å². The standard InChI is InChI=1S/C10H13N.C9H10N2O2.C9H8N2O2.C9H10N2.2C9H11N.C8H9N.C8H7N.8C2H6/c1-8-3-4-10-9(7-8)5-6-11(10)2;2*1-6-4-7-2-3-10-8(7)5-9(6)11(12)13;1-6-4-7-2-3-11-9(7)5-8(6)10;1-7-2-3-9-8(6-7)4-5-10-9;1-10-7-6-8-4-2-3-5-9(8)10;2*1-2-4-8-7(3-1)5-6-9-8;8*1-2/h3-4,7H,5-6H2,1-2H3;4-5,10H,2-3H2,1H3;2-5,10H,1H3;2-5,11H,10H2,1H3;2-3,6,10H,4-5H2,1H3;2-5H,6-7H2,1H3;1-4,9H,5-6H2;1-6,9H;8*1-2H3. The predicted molar refractivity (Wildman–Crippen MR) is 450 cm³/mol. The van der Waals surface area contributed by atoms with Gasteiger partial charge in [0.25, 0.3) is 11.4 Å². The molecule has 11 aromatic rings. The molecule has 0 aliphatic carbocycles. The molecule has 0 atom stereocenters. The maximum atomic E-state index is 10.6. The van der Waals surface area contributed by atoms with Crippen molar-refractivity contribution in [3.8, 4) is 0 Å². The number of aromatic amines is 3. The maximum Gasteiger partial charge on any atom is 0.274 e. The van der Waals surface area contributed by atoms with Gasteiger partial charge in [0.15, 0.2) is 0 Å². The van der Waals surface area contributed by atoms with Crippen molar-refractivity contribution in [2.45, 2.75) is 178 Å². The Hall–Kier alpha value is -10.0. The Kier molecular flexibility index (Phi) is 45.1. The van der Waals surface area contributed by atoms with Crippen molar-refractivity contribution in [3.63, 3.8) is 0 Å². The lowest BCUT2D eigenvalue weighted by Crippen LogP contribution is -2.12. The van der Waals surface area contributed by atoms with Crippen LogP contribution in [0.3, 0.4) is 0 Å². The van der Waals surface area contributed by atoms with E-state index in [1.807, 2.05) is 173 Å². The van der Waals surface area contributed by atoms with Crippen LogP contribution in [0.2, 0.25) is 0 Å². The minimum absolute atomic E-state index is 0.162. The number of likely N-dealkylation sites (N-methyl/N-ethyl adjacent to an activating group) is 2. The zero-order valence-electron chi connectivity index (χ0n) is 66.4. The number of nitrogens with zero attached hydrogens (tertiary/aromatic N) is 4. The summed E-state index contributed by atoms with van der Waals surface area (Å²) in [5.74, 6) is 0. The molecule has 0 amide bonds. The highest BCUT2D eigenvalue weighted by Gasteiger charge is 2.19. The molecule has 3 aromatic heterocycles. The van der Waals surface area contributed by atoms with Crippen LogP contribution in [0, 0.1) is 54.8 Å². The van der Waals surface area contributed by atoms with E-state index < -0.39 is 0 Å². The van der Waals surface area contributed by atoms with E-state index in [-0.39, 0.29) is 21.2 Å². The molecule has 102 heavy (non-hydrogen) atoms. The molecule has 0 bridgehead atoms. The molecular weight excluding hydrogens is 1260 g/mol. The number of fused-ring (bicyclic) bond motifs is 8. The average Bonchev–Trinajstić information content (AvgIpc) is 1.54. The molecule has 0 radical (unpaired) electrons. The highest BCUT2D eigenvalue weighted by Crippen LogP contribution is 2.31. The fourth-order valence-corrected chi connectivity index (χ4v) is 11.2. The summed E-state index contributed by atoms with van der Waals surface area (Å²) >= 11 is 0. The summed E-state index contributed by atoms with van der Waals surface area (Å²) in [6.07, 6.45) is 11.4. The molecule has 0 unspecified atom stereocenters. The van der Waals surface area contributed by atoms with E-state index in [0.29, 0.717) is 5.56 Å². The van der Waals surface area contributed by atoms with E-state index >= 15 is 0 Å². The Morgan fingerprint density at radius 2 is 0.755 bits per heavy atom. The molecule has 5 aliphatic heterocycles. The van der Waals surface area contributed by atoms with E-state index in [9.17, 15) is 20.2 Å².